The van der Waals surface area contributed by atoms with Crippen LogP contribution >= 0.6 is 11.3 Å². The largest absolute Gasteiger partial charge is 0.497 e. The molecule has 25 heavy (non-hydrogen) atoms. The third kappa shape index (κ3) is 3.89. The van der Waals surface area contributed by atoms with Gasteiger partial charge in [0.05, 0.1) is 23.3 Å². The Kier molecular flexibility index (Phi) is 4.85. The van der Waals surface area contributed by atoms with E-state index in [-0.39, 0.29) is 17.6 Å². The highest BCUT2D eigenvalue weighted by molar-refractivity contribution is 7.18. The Hall–Kier alpha value is -3.06. The Bertz CT molecular complexity index is 900. The van der Waals surface area contributed by atoms with E-state index in [2.05, 4.69) is 10.6 Å². The first-order valence-electron chi connectivity index (χ1n) is 7.47. The number of nitrogens with one attached hydrogen (secondary N) is 2. The molecule has 2 heterocycles. The van der Waals surface area contributed by atoms with E-state index in [9.17, 15) is 9.59 Å². The van der Waals surface area contributed by atoms with Crippen LogP contribution in [0.25, 0.3) is 0 Å². The normalized spacial score (nSPS) is 10.3. The Labute approximate surface area is 148 Å². The molecule has 0 spiro atoms. The first kappa shape index (κ1) is 16.8. The molecular weight excluding hydrogens is 340 g/mol. The topological polar surface area (TPSA) is 80.6 Å². The van der Waals surface area contributed by atoms with Crippen molar-refractivity contribution in [2.75, 3.05) is 17.7 Å². The van der Waals surface area contributed by atoms with Gasteiger partial charge in [0.2, 0.25) is 0 Å². The zero-order chi connectivity index (χ0) is 17.8. The molecule has 0 aliphatic carbocycles. The van der Waals surface area contributed by atoms with Gasteiger partial charge in [0.15, 0.2) is 5.76 Å². The smallest absolute Gasteiger partial charge is 0.291 e. The van der Waals surface area contributed by atoms with Crippen molar-refractivity contribution in [1.82, 2.24) is 0 Å². The summed E-state index contributed by atoms with van der Waals surface area (Å²) in [5.41, 5.74) is 1.42. The molecule has 0 saturated heterocycles. The molecule has 0 fully saturated rings. The van der Waals surface area contributed by atoms with Crippen LogP contribution in [-0.4, -0.2) is 18.9 Å². The molecule has 2 N–H and O–H groups in total. The van der Waals surface area contributed by atoms with Gasteiger partial charge in [-0.25, -0.2) is 0 Å². The maximum Gasteiger partial charge on any atom is 0.291 e. The molecule has 0 unspecified atom stereocenters. The van der Waals surface area contributed by atoms with Crippen LogP contribution in [0.1, 0.15) is 25.8 Å². The Morgan fingerprint density at radius 1 is 1.08 bits per heavy atom. The fraction of sp³-hybridized carbons (Fsp3) is 0.111. The number of carbonyl (C=O) groups excluding carboxylic acids is 2. The van der Waals surface area contributed by atoms with Gasteiger partial charge in [0, 0.05) is 11.8 Å². The maximum atomic E-state index is 12.5. The standard InChI is InChI=1S/C18H16N2O4S/c1-11-9-15(20-17(21)14-7-4-8-24-14)25-16(11)18(22)19-12-5-3-6-13(10-12)23-2/h3-10H,1-2H3,(H,19,22)(H,20,21). The predicted octanol–water partition coefficient (Wildman–Crippen LogP) is 4.16. The molecule has 0 bridgehead atoms. The summed E-state index contributed by atoms with van der Waals surface area (Å²) in [6, 6.07) is 12.1. The van der Waals surface area contributed by atoms with Crippen LogP contribution < -0.4 is 15.4 Å². The van der Waals surface area contributed by atoms with Crippen molar-refractivity contribution in [3.63, 3.8) is 0 Å². The summed E-state index contributed by atoms with van der Waals surface area (Å²) in [5, 5.41) is 6.14. The molecule has 0 aliphatic heterocycles. The molecule has 0 radical (unpaired) electrons. The number of methoxy groups -OCH3 is 1. The van der Waals surface area contributed by atoms with Gasteiger partial charge in [0.25, 0.3) is 11.8 Å². The lowest BCUT2D eigenvalue weighted by Gasteiger charge is -2.06. The van der Waals surface area contributed by atoms with Crippen LogP contribution in [0.15, 0.2) is 53.1 Å². The number of aryl methyl sites for hydroxylation is 1. The van der Waals surface area contributed by atoms with E-state index >= 15 is 0 Å². The first-order valence-corrected chi connectivity index (χ1v) is 8.29. The van der Waals surface area contributed by atoms with Crippen molar-refractivity contribution in [1.29, 1.82) is 0 Å². The summed E-state index contributed by atoms with van der Waals surface area (Å²) in [7, 11) is 1.57. The van der Waals surface area contributed by atoms with Gasteiger partial charge in [-0.1, -0.05) is 6.07 Å². The van der Waals surface area contributed by atoms with Gasteiger partial charge >= 0.3 is 0 Å². The lowest BCUT2D eigenvalue weighted by molar-refractivity contribution is 0.0995. The summed E-state index contributed by atoms with van der Waals surface area (Å²) in [6.07, 6.45) is 1.43. The average molecular weight is 356 g/mol. The second-order valence-corrected chi connectivity index (χ2v) is 6.29. The number of furan rings is 1. The number of amides is 2. The van der Waals surface area contributed by atoms with Gasteiger partial charge < -0.3 is 19.8 Å². The summed E-state index contributed by atoms with van der Waals surface area (Å²) < 4.78 is 10.2. The van der Waals surface area contributed by atoms with E-state index in [1.54, 1.807) is 49.6 Å². The quantitative estimate of drug-likeness (QED) is 0.719. The second-order valence-electron chi connectivity index (χ2n) is 5.24. The molecule has 2 aromatic heterocycles. The van der Waals surface area contributed by atoms with Crippen LogP contribution in [-0.2, 0) is 0 Å². The molecule has 1 aromatic carbocycles. The molecular formula is C18H16N2O4S. The fourth-order valence-electron chi connectivity index (χ4n) is 2.24. The zero-order valence-electron chi connectivity index (χ0n) is 13.7. The fourth-order valence-corrected chi connectivity index (χ4v) is 3.20. The second kappa shape index (κ2) is 7.23. The van der Waals surface area contributed by atoms with E-state index in [0.717, 1.165) is 5.56 Å². The maximum absolute atomic E-state index is 12.5. The van der Waals surface area contributed by atoms with E-state index in [0.29, 0.717) is 21.3 Å². The Morgan fingerprint density at radius 3 is 2.64 bits per heavy atom. The van der Waals surface area contributed by atoms with Crippen LogP contribution in [0, 0.1) is 6.92 Å². The van der Waals surface area contributed by atoms with Crippen molar-refractivity contribution in [2.45, 2.75) is 6.92 Å². The molecule has 3 rings (SSSR count). The first-order chi connectivity index (χ1) is 12.1. The van der Waals surface area contributed by atoms with Gasteiger partial charge in [-0.2, -0.15) is 0 Å². The van der Waals surface area contributed by atoms with Crippen LogP contribution in [0.2, 0.25) is 0 Å². The van der Waals surface area contributed by atoms with E-state index in [4.69, 9.17) is 9.15 Å². The minimum Gasteiger partial charge on any atom is -0.497 e. The molecule has 0 aliphatic rings. The molecule has 128 valence electrons. The third-order valence-corrected chi connectivity index (χ3v) is 4.58. The van der Waals surface area contributed by atoms with Gasteiger partial charge in [0.1, 0.15) is 5.75 Å². The summed E-state index contributed by atoms with van der Waals surface area (Å²) >= 11 is 1.21. The van der Waals surface area contributed by atoms with Crippen LogP contribution in [0.4, 0.5) is 10.7 Å². The van der Waals surface area contributed by atoms with Crippen molar-refractivity contribution in [3.05, 3.63) is 64.9 Å². The molecule has 0 atom stereocenters. The Morgan fingerprint density at radius 2 is 1.92 bits per heavy atom. The van der Waals surface area contributed by atoms with Gasteiger partial charge in [-0.15, -0.1) is 11.3 Å². The van der Waals surface area contributed by atoms with Crippen molar-refractivity contribution in [3.8, 4) is 5.75 Å². The average Bonchev–Trinajstić information content (AvgIpc) is 3.25. The Balaban J connectivity index is 1.73. The molecule has 2 amide bonds. The minimum atomic E-state index is -0.356. The highest BCUT2D eigenvalue weighted by Crippen LogP contribution is 2.28. The summed E-state index contributed by atoms with van der Waals surface area (Å²) in [6.45, 7) is 1.82. The van der Waals surface area contributed by atoms with Gasteiger partial charge in [-0.05, 0) is 42.8 Å². The van der Waals surface area contributed by atoms with Gasteiger partial charge in [-0.3, -0.25) is 9.59 Å². The number of rotatable bonds is 5. The van der Waals surface area contributed by atoms with E-state index in [1.807, 2.05) is 6.92 Å². The molecule has 0 saturated carbocycles. The number of hydrogen-bond donors (Lipinski definition) is 2. The number of ether oxygens (including phenoxy) is 1. The van der Waals surface area contributed by atoms with Crippen molar-refractivity contribution < 1.29 is 18.7 Å². The number of anilines is 2. The van der Waals surface area contributed by atoms with Crippen molar-refractivity contribution >= 4 is 33.8 Å². The third-order valence-electron chi connectivity index (χ3n) is 3.43. The van der Waals surface area contributed by atoms with E-state index < -0.39 is 0 Å². The SMILES string of the molecule is COc1cccc(NC(=O)c2sc(NC(=O)c3ccco3)cc2C)c1. The number of thiophene rings is 1. The minimum absolute atomic E-state index is 0.216. The van der Waals surface area contributed by atoms with Crippen LogP contribution in [0.3, 0.4) is 0 Å². The van der Waals surface area contributed by atoms with Crippen molar-refractivity contribution in [2.24, 2.45) is 0 Å². The van der Waals surface area contributed by atoms with Crippen LogP contribution in [0.5, 0.6) is 5.75 Å². The highest BCUT2D eigenvalue weighted by Gasteiger charge is 2.16. The number of hydrogen-bond acceptors (Lipinski definition) is 5. The molecule has 3 aromatic rings. The summed E-state index contributed by atoms with van der Waals surface area (Å²) in [4.78, 5) is 25.0. The monoisotopic (exact) mass is 356 g/mol. The lowest BCUT2D eigenvalue weighted by atomic mass is 10.2. The zero-order valence-corrected chi connectivity index (χ0v) is 14.5. The predicted molar refractivity (Wildman–Crippen MR) is 96.7 cm³/mol. The lowest BCUT2D eigenvalue weighted by Crippen LogP contribution is -2.11. The van der Waals surface area contributed by atoms with E-state index in [1.165, 1.54) is 17.6 Å². The molecule has 7 heteroatoms. The number of carbonyl (C=O) groups is 2. The highest BCUT2D eigenvalue weighted by atomic mass is 32.1. The molecule has 6 nitrogen and oxygen atoms in total. The summed E-state index contributed by atoms with van der Waals surface area (Å²) in [5.74, 6) is 0.279. The number of benzene rings is 1.